The van der Waals surface area contributed by atoms with E-state index in [0.29, 0.717) is 17.9 Å². The molecule has 0 saturated carbocycles. The largest absolute Gasteiger partial charge is 0.371 e. The highest BCUT2D eigenvalue weighted by atomic mass is 32.1. The maximum absolute atomic E-state index is 13.3. The number of nitrogens with zero attached hydrogens (tertiary/aromatic N) is 5. The topological polar surface area (TPSA) is 65.7 Å². The van der Waals surface area contributed by atoms with Gasteiger partial charge in [-0.15, -0.1) is 21.5 Å². The lowest BCUT2D eigenvalue weighted by molar-refractivity contribution is 0.111. The van der Waals surface area contributed by atoms with Crippen LogP contribution in [0.25, 0.3) is 11.4 Å². The fourth-order valence-electron chi connectivity index (χ4n) is 2.51. The van der Waals surface area contributed by atoms with E-state index in [1.807, 2.05) is 5.38 Å². The van der Waals surface area contributed by atoms with E-state index < -0.39 is 0 Å². The zero-order valence-electron chi connectivity index (χ0n) is 12.2. The molecule has 0 spiro atoms. The normalized spacial score (nSPS) is 17.7. The average Bonchev–Trinajstić information content (AvgIpc) is 3.29. The monoisotopic (exact) mass is 331 g/mol. The SMILES string of the molecule is Fc1cccc(-c2nnn(Cc3csc(C4CCCO4)n3)n2)c1. The maximum Gasteiger partial charge on any atom is 0.205 e. The van der Waals surface area contributed by atoms with Crippen LogP contribution in [0.3, 0.4) is 0 Å². The summed E-state index contributed by atoms with van der Waals surface area (Å²) in [5.41, 5.74) is 1.48. The third-order valence-corrected chi connectivity index (χ3v) is 4.60. The van der Waals surface area contributed by atoms with Gasteiger partial charge in [-0.05, 0) is 30.2 Å². The number of hydrogen-bond donors (Lipinski definition) is 0. The lowest BCUT2D eigenvalue weighted by Crippen LogP contribution is -2.05. The van der Waals surface area contributed by atoms with Crippen LogP contribution in [0, 0.1) is 5.82 Å². The average molecular weight is 331 g/mol. The van der Waals surface area contributed by atoms with Gasteiger partial charge in [-0.1, -0.05) is 12.1 Å². The summed E-state index contributed by atoms with van der Waals surface area (Å²) in [6, 6.07) is 6.15. The van der Waals surface area contributed by atoms with Crippen molar-refractivity contribution in [1.29, 1.82) is 0 Å². The number of benzene rings is 1. The summed E-state index contributed by atoms with van der Waals surface area (Å²) >= 11 is 1.60. The molecular formula is C15H14FN5OS. The molecule has 6 nitrogen and oxygen atoms in total. The van der Waals surface area contributed by atoms with Gasteiger partial charge in [0.25, 0.3) is 0 Å². The second kappa shape index (κ2) is 6.13. The first-order valence-electron chi connectivity index (χ1n) is 7.37. The van der Waals surface area contributed by atoms with E-state index in [1.54, 1.807) is 23.5 Å². The molecule has 1 atom stereocenters. The van der Waals surface area contributed by atoms with E-state index in [2.05, 4.69) is 20.4 Å². The second-order valence-corrected chi connectivity index (χ2v) is 6.22. The molecule has 118 valence electrons. The molecule has 3 aromatic rings. The molecule has 1 aromatic carbocycles. The predicted molar refractivity (Wildman–Crippen MR) is 82.4 cm³/mol. The van der Waals surface area contributed by atoms with Crippen LogP contribution in [0.2, 0.25) is 0 Å². The Kier molecular flexibility index (Phi) is 3.84. The summed E-state index contributed by atoms with van der Waals surface area (Å²) in [5, 5.41) is 15.3. The zero-order chi connectivity index (χ0) is 15.6. The smallest absolute Gasteiger partial charge is 0.205 e. The first-order valence-corrected chi connectivity index (χ1v) is 8.25. The Morgan fingerprint density at radius 2 is 2.35 bits per heavy atom. The molecule has 0 amide bonds. The van der Waals surface area contributed by atoms with Crippen LogP contribution in [0.1, 0.15) is 29.6 Å². The fraction of sp³-hybridized carbons (Fsp3) is 0.333. The molecule has 1 saturated heterocycles. The van der Waals surface area contributed by atoms with Crippen LogP contribution in [-0.2, 0) is 11.3 Å². The highest BCUT2D eigenvalue weighted by molar-refractivity contribution is 7.09. The first kappa shape index (κ1) is 14.4. The Hall–Kier alpha value is -2.19. The van der Waals surface area contributed by atoms with Crippen LogP contribution in [-0.4, -0.2) is 31.8 Å². The molecule has 1 fully saturated rings. The predicted octanol–water partition coefficient (Wildman–Crippen LogP) is 2.84. The van der Waals surface area contributed by atoms with Gasteiger partial charge in [-0.3, -0.25) is 0 Å². The van der Waals surface area contributed by atoms with Crippen molar-refractivity contribution in [1.82, 2.24) is 25.2 Å². The molecule has 23 heavy (non-hydrogen) atoms. The third-order valence-electron chi connectivity index (χ3n) is 3.61. The quantitative estimate of drug-likeness (QED) is 0.735. The molecule has 1 aliphatic heterocycles. The van der Waals surface area contributed by atoms with Crippen LogP contribution in [0.15, 0.2) is 29.6 Å². The minimum atomic E-state index is -0.320. The van der Waals surface area contributed by atoms with Crippen molar-refractivity contribution >= 4 is 11.3 Å². The summed E-state index contributed by atoms with van der Waals surface area (Å²) in [7, 11) is 0. The number of aromatic nitrogens is 5. The van der Waals surface area contributed by atoms with Gasteiger partial charge in [0.2, 0.25) is 5.82 Å². The van der Waals surface area contributed by atoms with E-state index in [4.69, 9.17) is 4.74 Å². The molecular weight excluding hydrogens is 317 g/mol. The highest BCUT2D eigenvalue weighted by Crippen LogP contribution is 2.30. The molecule has 0 N–H and O–H groups in total. The Bertz CT molecular complexity index is 812. The van der Waals surface area contributed by atoms with E-state index in [-0.39, 0.29) is 11.9 Å². The van der Waals surface area contributed by atoms with E-state index in [9.17, 15) is 4.39 Å². The molecule has 0 aliphatic carbocycles. The minimum Gasteiger partial charge on any atom is -0.371 e. The van der Waals surface area contributed by atoms with Crippen molar-refractivity contribution in [2.75, 3.05) is 6.61 Å². The van der Waals surface area contributed by atoms with Crippen LogP contribution in [0.4, 0.5) is 4.39 Å². The van der Waals surface area contributed by atoms with Crippen molar-refractivity contribution < 1.29 is 9.13 Å². The molecule has 0 bridgehead atoms. The third kappa shape index (κ3) is 3.13. The van der Waals surface area contributed by atoms with Gasteiger partial charge in [0.15, 0.2) is 0 Å². The van der Waals surface area contributed by atoms with Crippen molar-refractivity contribution in [3.63, 3.8) is 0 Å². The van der Waals surface area contributed by atoms with Gasteiger partial charge in [0, 0.05) is 17.6 Å². The molecule has 4 rings (SSSR count). The Labute approximate surface area is 135 Å². The van der Waals surface area contributed by atoms with Crippen molar-refractivity contribution in [2.45, 2.75) is 25.5 Å². The van der Waals surface area contributed by atoms with Crippen molar-refractivity contribution in [2.24, 2.45) is 0 Å². The van der Waals surface area contributed by atoms with Crippen LogP contribution >= 0.6 is 11.3 Å². The minimum absolute atomic E-state index is 0.125. The summed E-state index contributed by atoms with van der Waals surface area (Å²) in [6.07, 6.45) is 2.24. The fourth-order valence-corrected chi connectivity index (χ4v) is 3.41. The number of ether oxygens (including phenoxy) is 1. The second-order valence-electron chi connectivity index (χ2n) is 5.33. The molecule has 8 heteroatoms. The number of tetrazole rings is 1. The Balaban J connectivity index is 1.49. The molecule has 3 heterocycles. The van der Waals surface area contributed by atoms with Crippen LogP contribution < -0.4 is 0 Å². The van der Waals surface area contributed by atoms with Gasteiger partial charge in [0.1, 0.15) is 23.5 Å². The highest BCUT2D eigenvalue weighted by Gasteiger charge is 2.21. The van der Waals surface area contributed by atoms with Gasteiger partial charge in [-0.2, -0.15) is 4.80 Å². The lowest BCUT2D eigenvalue weighted by Gasteiger charge is -2.03. The van der Waals surface area contributed by atoms with Crippen molar-refractivity contribution in [3.8, 4) is 11.4 Å². The summed E-state index contributed by atoms with van der Waals surface area (Å²) in [6.45, 7) is 1.24. The van der Waals surface area contributed by atoms with E-state index in [1.165, 1.54) is 16.9 Å². The Morgan fingerprint density at radius 3 is 3.17 bits per heavy atom. The first-order chi connectivity index (χ1) is 11.3. The van der Waals surface area contributed by atoms with Crippen molar-refractivity contribution in [3.05, 3.63) is 46.2 Å². The van der Waals surface area contributed by atoms with E-state index >= 15 is 0 Å². The van der Waals surface area contributed by atoms with E-state index in [0.717, 1.165) is 30.2 Å². The standard InChI is InChI=1S/C15H14FN5OS/c16-11-4-1-3-10(7-11)14-18-20-21(19-14)8-12-9-23-15(17-12)13-5-2-6-22-13/h1,3-4,7,9,13H,2,5-6,8H2. The summed E-state index contributed by atoms with van der Waals surface area (Å²) in [4.78, 5) is 6.06. The summed E-state index contributed by atoms with van der Waals surface area (Å²) < 4.78 is 18.9. The molecule has 2 aromatic heterocycles. The molecule has 1 aliphatic rings. The number of thiazole rings is 1. The number of halogens is 1. The lowest BCUT2D eigenvalue weighted by atomic mass is 10.2. The maximum atomic E-state index is 13.3. The summed E-state index contributed by atoms with van der Waals surface area (Å²) in [5.74, 6) is 0.0821. The van der Waals surface area contributed by atoms with Gasteiger partial charge < -0.3 is 4.74 Å². The molecule has 1 unspecified atom stereocenters. The molecule has 0 radical (unpaired) electrons. The Morgan fingerprint density at radius 1 is 1.39 bits per heavy atom. The van der Waals surface area contributed by atoms with Crippen LogP contribution in [0.5, 0.6) is 0 Å². The zero-order valence-corrected chi connectivity index (χ0v) is 13.0. The van der Waals surface area contributed by atoms with Gasteiger partial charge in [-0.25, -0.2) is 9.37 Å². The van der Waals surface area contributed by atoms with Gasteiger partial charge >= 0.3 is 0 Å². The number of hydrogen-bond acceptors (Lipinski definition) is 6. The van der Waals surface area contributed by atoms with Gasteiger partial charge in [0.05, 0.1) is 5.69 Å². The number of rotatable bonds is 4.